The number of nitriles is 1. The summed E-state index contributed by atoms with van der Waals surface area (Å²) in [6, 6.07) is 13.8. The van der Waals surface area contributed by atoms with Gasteiger partial charge in [0.15, 0.2) is 0 Å². The van der Waals surface area contributed by atoms with Gasteiger partial charge in [-0.05, 0) is 48.7 Å². The predicted molar refractivity (Wildman–Crippen MR) is 145 cm³/mol. The minimum atomic E-state index is -3.33. The van der Waals surface area contributed by atoms with Crippen molar-refractivity contribution in [3.05, 3.63) is 66.6 Å². The molecular weight excluding hydrogens is 522 g/mol. The summed E-state index contributed by atoms with van der Waals surface area (Å²) in [5.74, 6) is 0.472. The summed E-state index contributed by atoms with van der Waals surface area (Å²) in [5.41, 5.74) is 3.36. The van der Waals surface area contributed by atoms with E-state index in [1.54, 1.807) is 28.7 Å². The second-order valence-corrected chi connectivity index (χ2v) is 12.2. The zero-order valence-electron chi connectivity index (χ0n) is 20.4. The Morgan fingerprint density at radius 2 is 1.97 bits per heavy atom. The number of fused-ring (bicyclic) bond motifs is 1. The summed E-state index contributed by atoms with van der Waals surface area (Å²) in [6.45, 7) is 2.06. The molecule has 1 aliphatic rings. The molecule has 6 rings (SSSR count). The molecule has 1 saturated heterocycles. The van der Waals surface area contributed by atoms with Gasteiger partial charge in [0.25, 0.3) is 0 Å². The third kappa shape index (κ3) is 4.22. The largest absolute Gasteiger partial charge is 0.324 e. The van der Waals surface area contributed by atoms with E-state index in [1.165, 1.54) is 15.6 Å². The molecule has 0 spiro atoms. The van der Waals surface area contributed by atoms with Gasteiger partial charge in [-0.3, -0.25) is 4.68 Å². The predicted octanol–water partition coefficient (Wildman–Crippen LogP) is 3.76. The number of nitrogens with one attached hydrogen (secondary N) is 1. The zero-order valence-corrected chi connectivity index (χ0v) is 22.0. The topological polar surface area (TPSA) is 135 Å². The van der Waals surface area contributed by atoms with Crippen molar-refractivity contribution >= 4 is 43.2 Å². The van der Waals surface area contributed by atoms with Crippen LogP contribution in [0, 0.1) is 11.3 Å². The fourth-order valence-electron chi connectivity index (χ4n) is 4.54. The van der Waals surface area contributed by atoms with Crippen LogP contribution in [0.3, 0.4) is 0 Å². The molecule has 5 heterocycles. The molecule has 1 aromatic carbocycles. The van der Waals surface area contributed by atoms with Crippen molar-refractivity contribution in [2.75, 3.05) is 24.2 Å². The summed E-state index contributed by atoms with van der Waals surface area (Å²) >= 11 is 1.54. The van der Waals surface area contributed by atoms with Crippen molar-refractivity contribution < 1.29 is 8.42 Å². The average molecular weight is 546 g/mol. The van der Waals surface area contributed by atoms with E-state index in [1.807, 2.05) is 54.2 Å². The Morgan fingerprint density at radius 1 is 1.16 bits per heavy atom. The molecule has 0 unspecified atom stereocenters. The summed E-state index contributed by atoms with van der Waals surface area (Å²) in [6.07, 6.45) is 7.32. The van der Waals surface area contributed by atoms with E-state index >= 15 is 0 Å². The van der Waals surface area contributed by atoms with Crippen LogP contribution in [-0.4, -0.2) is 61.1 Å². The highest BCUT2D eigenvalue weighted by Gasteiger charge is 2.49. The number of hydrogen-bond donors (Lipinski definition) is 1. The normalized spacial score (nSPS) is 15.3. The Morgan fingerprint density at radius 3 is 2.68 bits per heavy atom. The Hall–Kier alpha value is -4.12. The maximum Gasteiger partial charge on any atom is 0.228 e. The lowest BCUT2D eigenvalue weighted by Gasteiger charge is -2.47. The number of nitrogens with zero attached hydrogens (tertiary/aromatic N) is 8. The second kappa shape index (κ2) is 9.32. The van der Waals surface area contributed by atoms with E-state index in [-0.39, 0.29) is 25.3 Å². The molecule has 0 amide bonds. The zero-order chi connectivity index (χ0) is 26.3. The van der Waals surface area contributed by atoms with Gasteiger partial charge in [-0.25, -0.2) is 23.1 Å². The summed E-state index contributed by atoms with van der Waals surface area (Å²) in [4.78, 5) is 9.48. The van der Waals surface area contributed by atoms with Crippen LogP contribution < -0.4 is 5.32 Å². The van der Waals surface area contributed by atoms with Crippen molar-refractivity contribution in [3.8, 4) is 23.0 Å². The fourth-order valence-corrected chi connectivity index (χ4v) is 6.62. The Bertz CT molecular complexity index is 1740. The van der Waals surface area contributed by atoms with Gasteiger partial charge in [0.2, 0.25) is 16.0 Å². The molecule has 0 atom stereocenters. The number of thiophene rings is 1. The molecule has 13 heteroatoms. The van der Waals surface area contributed by atoms with Gasteiger partial charge in [0.1, 0.15) is 5.54 Å². The van der Waals surface area contributed by atoms with E-state index in [9.17, 15) is 13.7 Å². The molecule has 1 N–H and O–H groups in total. The van der Waals surface area contributed by atoms with Crippen LogP contribution in [0.25, 0.3) is 27.2 Å². The molecule has 0 radical (unpaired) electrons. The van der Waals surface area contributed by atoms with Gasteiger partial charge in [0.05, 0.1) is 46.0 Å². The van der Waals surface area contributed by atoms with Gasteiger partial charge in [-0.1, -0.05) is 0 Å². The molecular formula is C25H23N9O2S2. The number of sulfonamides is 1. The lowest BCUT2D eigenvalue weighted by atomic mass is 9.89. The molecule has 1 fully saturated rings. The van der Waals surface area contributed by atoms with Gasteiger partial charge >= 0.3 is 0 Å². The Balaban J connectivity index is 1.30. The van der Waals surface area contributed by atoms with E-state index in [2.05, 4.69) is 26.6 Å². The van der Waals surface area contributed by atoms with Crippen LogP contribution >= 0.6 is 11.3 Å². The lowest BCUT2D eigenvalue weighted by Crippen LogP contribution is -2.64. The van der Waals surface area contributed by atoms with Crippen molar-refractivity contribution in [1.82, 2.24) is 33.8 Å². The third-order valence-electron chi connectivity index (χ3n) is 6.65. The monoisotopic (exact) mass is 545 g/mol. The van der Waals surface area contributed by atoms with Crippen LogP contribution in [0.15, 0.2) is 66.6 Å². The van der Waals surface area contributed by atoms with Crippen molar-refractivity contribution in [3.63, 3.8) is 0 Å². The number of benzene rings is 1. The Labute approximate surface area is 223 Å². The van der Waals surface area contributed by atoms with E-state index in [0.717, 1.165) is 32.8 Å². The third-order valence-corrected chi connectivity index (χ3v) is 9.33. The minimum absolute atomic E-state index is 0.0268. The number of rotatable bonds is 8. The quantitative estimate of drug-likeness (QED) is 0.311. The first-order valence-electron chi connectivity index (χ1n) is 11.9. The molecule has 5 aromatic rings. The summed E-state index contributed by atoms with van der Waals surface area (Å²) < 4.78 is 30.4. The molecule has 4 aromatic heterocycles. The van der Waals surface area contributed by atoms with Gasteiger partial charge in [-0.2, -0.15) is 19.8 Å². The standard InChI is InChI=1S/C25H23N9O2S2/c1-2-38(35,36)32-16-25(17-32,9-10-26)34-15-18(14-28-34)22-23-21(8-13-37-23)30-24(31-22)29-19-4-6-20(7-5-19)33-12-3-11-27-33/h3-8,11-15H,2,9,16-17H2,1H3,(H,29,30,31). The van der Waals surface area contributed by atoms with Crippen molar-refractivity contribution in [2.45, 2.75) is 18.9 Å². The molecule has 1 aliphatic heterocycles. The molecule has 0 saturated carbocycles. The lowest BCUT2D eigenvalue weighted by molar-refractivity contribution is 0.0719. The van der Waals surface area contributed by atoms with Crippen LogP contribution in [0.1, 0.15) is 13.3 Å². The van der Waals surface area contributed by atoms with Crippen molar-refractivity contribution in [1.29, 1.82) is 5.26 Å². The fraction of sp³-hybridized carbons (Fsp3) is 0.240. The Kier molecular flexibility index (Phi) is 5.94. The highest BCUT2D eigenvalue weighted by atomic mass is 32.2. The molecule has 192 valence electrons. The maximum atomic E-state index is 12.3. The van der Waals surface area contributed by atoms with Crippen LogP contribution in [0.2, 0.25) is 0 Å². The summed E-state index contributed by atoms with van der Waals surface area (Å²) in [7, 11) is -3.33. The molecule has 11 nitrogen and oxygen atoms in total. The highest BCUT2D eigenvalue weighted by molar-refractivity contribution is 7.89. The smallest absolute Gasteiger partial charge is 0.228 e. The van der Waals surface area contributed by atoms with Crippen LogP contribution in [-0.2, 0) is 15.6 Å². The van der Waals surface area contributed by atoms with Gasteiger partial charge in [-0.15, -0.1) is 11.3 Å². The molecule has 0 aliphatic carbocycles. The first-order valence-corrected chi connectivity index (χ1v) is 14.4. The number of aromatic nitrogens is 6. The first kappa shape index (κ1) is 24.2. The van der Waals surface area contributed by atoms with Crippen molar-refractivity contribution in [2.24, 2.45) is 0 Å². The second-order valence-electron chi connectivity index (χ2n) is 9.05. The van der Waals surface area contributed by atoms with Gasteiger partial charge < -0.3 is 5.32 Å². The highest BCUT2D eigenvalue weighted by Crippen LogP contribution is 2.37. The first-order chi connectivity index (χ1) is 18.4. The average Bonchev–Trinajstić information content (AvgIpc) is 3.68. The van der Waals surface area contributed by atoms with E-state index < -0.39 is 15.6 Å². The van der Waals surface area contributed by atoms with E-state index in [4.69, 9.17) is 4.98 Å². The molecule has 38 heavy (non-hydrogen) atoms. The number of hydrogen-bond acceptors (Lipinski definition) is 9. The minimum Gasteiger partial charge on any atom is -0.324 e. The van der Waals surface area contributed by atoms with Crippen LogP contribution in [0.5, 0.6) is 0 Å². The van der Waals surface area contributed by atoms with Crippen LogP contribution in [0.4, 0.5) is 11.6 Å². The van der Waals surface area contributed by atoms with E-state index in [0.29, 0.717) is 5.95 Å². The van der Waals surface area contributed by atoms with Gasteiger partial charge in [0, 0.05) is 42.9 Å². The maximum absolute atomic E-state index is 12.3. The summed E-state index contributed by atoms with van der Waals surface area (Å²) in [5, 5.41) is 23.5. The molecule has 0 bridgehead atoms. The SMILES string of the molecule is CCS(=O)(=O)N1CC(CC#N)(n2cc(-c3nc(Nc4ccc(-n5cccn5)cc4)nc4ccsc34)cn2)C1. The number of anilines is 2.